The lowest BCUT2D eigenvalue weighted by Crippen LogP contribution is -2.45. The number of halogens is 1. The summed E-state index contributed by atoms with van der Waals surface area (Å²) in [5, 5.41) is 15.4. The molecule has 0 aliphatic carbocycles. The number of carbonyl (C=O) groups excluding carboxylic acids is 2. The SMILES string of the molecule is CC(O)(CNC(=O)C(=O)Nc1ccc(Cl)c(N2CCCS2(=O)=O)c1)Cc1ccco1. The van der Waals surface area contributed by atoms with Gasteiger partial charge in [0.25, 0.3) is 0 Å². The second kappa shape index (κ2) is 8.66. The van der Waals surface area contributed by atoms with Gasteiger partial charge in [0.1, 0.15) is 5.76 Å². The summed E-state index contributed by atoms with van der Waals surface area (Å²) >= 11 is 6.13. The van der Waals surface area contributed by atoms with Gasteiger partial charge in [-0.05, 0) is 43.7 Å². The zero-order chi connectivity index (χ0) is 21.9. The topological polar surface area (TPSA) is 129 Å². The predicted molar refractivity (Wildman–Crippen MR) is 112 cm³/mol. The van der Waals surface area contributed by atoms with Crippen molar-refractivity contribution < 1.29 is 27.5 Å². The van der Waals surface area contributed by atoms with E-state index in [4.69, 9.17) is 16.0 Å². The van der Waals surface area contributed by atoms with E-state index < -0.39 is 27.4 Å². The highest BCUT2D eigenvalue weighted by Gasteiger charge is 2.30. The minimum Gasteiger partial charge on any atom is -0.469 e. The number of nitrogens with one attached hydrogen (secondary N) is 2. The Morgan fingerprint density at radius 1 is 1.30 bits per heavy atom. The number of aliphatic hydroxyl groups is 1. The fraction of sp³-hybridized carbons (Fsp3) is 0.368. The van der Waals surface area contributed by atoms with Gasteiger partial charge in [0, 0.05) is 25.2 Å². The van der Waals surface area contributed by atoms with Crippen LogP contribution in [0.4, 0.5) is 11.4 Å². The van der Waals surface area contributed by atoms with Crippen LogP contribution >= 0.6 is 11.6 Å². The van der Waals surface area contributed by atoms with Crippen LogP contribution < -0.4 is 14.9 Å². The molecule has 3 rings (SSSR count). The first-order chi connectivity index (χ1) is 14.1. The monoisotopic (exact) mass is 455 g/mol. The van der Waals surface area contributed by atoms with Crippen LogP contribution in [0.25, 0.3) is 0 Å². The second-order valence-corrected chi connectivity index (χ2v) is 9.72. The number of benzene rings is 1. The standard InChI is InChI=1S/C19H22ClN3O6S/c1-19(26,11-14-4-2-8-29-14)12-21-17(24)18(25)22-13-5-6-15(20)16(10-13)23-7-3-9-30(23,27)28/h2,4-6,8,10,26H,3,7,9,11-12H2,1H3,(H,21,24)(H,22,25). The molecule has 9 nitrogen and oxygen atoms in total. The number of carbonyl (C=O) groups is 2. The van der Waals surface area contributed by atoms with Crippen molar-refractivity contribution in [2.24, 2.45) is 0 Å². The van der Waals surface area contributed by atoms with Crippen LogP contribution in [0.2, 0.25) is 5.02 Å². The van der Waals surface area contributed by atoms with Crippen LogP contribution in [0.15, 0.2) is 41.0 Å². The van der Waals surface area contributed by atoms with E-state index in [9.17, 15) is 23.1 Å². The van der Waals surface area contributed by atoms with Gasteiger partial charge in [-0.1, -0.05) is 11.6 Å². The summed E-state index contributed by atoms with van der Waals surface area (Å²) in [4.78, 5) is 24.3. The zero-order valence-corrected chi connectivity index (χ0v) is 17.8. The predicted octanol–water partition coefficient (Wildman–Crippen LogP) is 1.52. The van der Waals surface area contributed by atoms with Crippen LogP contribution in [-0.2, 0) is 26.0 Å². The van der Waals surface area contributed by atoms with Crippen LogP contribution in [0, 0.1) is 0 Å². The van der Waals surface area contributed by atoms with E-state index in [1.54, 1.807) is 12.1 Å². The lowest BCUT2D eigenvalue weighted by atomic mass is 10.0. The van der Waals surface area contributed by atoms with Crippen LogP contribution in [0.1, 0.15) is 19.1 Å². The van der Waals surface area contributed by atoms with E-state index in [0.29, 0.717) is 18.7 Å². The second-order valence-electron chi connectivity index (χ2n) is 7.30. The van der Waals surface area contributed by atoms with Crippen molar-refractivity contribution in [3.05, 3.63) is 47.4 Å². The highest BCUT2D eigenvalue weighted by molar-refractivity contribution is 7.93. The van der Waals surface area contributed by atoms with Crippen molar-refractivity contribution >= 4 is 44.8 Å². The van der Waals surface area contributed by atoms with Gasteiger partial charge in [-0.15, -0.1) is 0 Å². The Morgan fingerprint density at radius 2 is 2.07 bits per heavy atom. The van der Waals surface area contributed by atoms with Crippen molar-refractivity contribution in [1.29, 1.82) is 0 Å². The third-order valence-corrected chi connectivity index (χ3v) is 6.72. The van der Waals surface area contributed by atoms with Gasteiger partial charge < -0.3 is 20.2 Å². The minimum absolute atomic E-state index is 0.0280. The molecule has 1 unspecified atom stereocenters. The molecule has 3 N–H and O–H groups in total. The number of nitrogens with zero attached hydrogens (tertiary/aromatic N) is 1. The first-order valence-corrected chi connectivity index (χ1v) is 11.2. The molecule has 0 spiro atoms. The maximum absolute atomic E-state index is 12.2. The number of hydrogen-bond acceptors (Lipinski definition) is 6. The first kappa shape index (κ1) is 22.1. The molecule has 0 saturated carbocycles. The summed E-state index contributed by atoms with van der Waals surface area (Å²) in [6.45, 7) is 1.64. The fourth-order valence-corrected chi connectivity index (χ4v) is 4.92. The lowest BCUT2D eigenvalue weighted by molar-refractivity contribution is -0.136. The van der Waals surface area contributed by atoms with E-state index in [1.807, 2.05) is 0 Å². The number of furan rings is 1. The Labute approximate surface area is 179 Å². The van der Waals surface area contributed by atoms with Gasteiger partial charge >= 0.3 is 11.8 Å². The lowest BCUT2D eigenvalue weighted by Gasteiger charge is -2.22. The van der Waals surface area contributed by atoms with Gasteiger partial charge in [0.05, 0.1) is 28.3 Å². The molecular formula is C19H22ClN3O6S. The number of rotatable bonds is 6. The van der Waals surface area contributed by atoms with Gasteiger partial charge in [-0.25, -0.2) is 8.42 Å². The van der Waals surface area contributed by atoms with E-state index in [-0.39, 0.29) is 35.1 Å². The normalized spacial score (nSPS) is 17.4. The number of sulfonamides is 1. The summed E-state index contributed by atoms with van der Waals surface area (Å²) in [7, 11) is -3.45. The number of hydrogen-bond donors (Lipinski definition) is 3. The van der Waals surface area contributed by atoms with Gasteiger partial charge in [0.15, 0.2) is 0 Å². The number of amides is 2. The molecule has 1 saturated heterocycles. The fourth-order valence-electron chi connectivity index (χ4n) is 3.08. The molecule has 2 heterocycles. The quantitative estimate of drug-likeness (QED) is 0.566. The van der Waals surface area contributed by atoms with Crippen molar-refractivity contribution in [2.45, 2.75) is 25.4 Å². The summed E-state index contributed by atoms with van der Waals surface area (Å²) < 4.78 is 30.6. The van der Waals surface area contributed by atoms with E-state index in [2.05, 4.69) is 10.6 Å². The summed E-state index contributed by atoms with van der Waals surface area (Å²) in [6.07, 6.45) is 2.12. The summed E-state index contributed by atoms with van der Waals surface area (Å²) in [5.41, 5.74) is -0.849. The minimum atomic E-state index is -3.45. The molecule has 0 bridgehead atoms. The Hall–Kier alpha value is -2.56. The van der Waals surface area contributed by atoms with Crippen molar-refractivity contribution in [2.75, 3.05) is 28.5 Å². The van der Waals surface area contributed by atoms with E-state index in [1.165, 1.54) is 35.7 Å². The van der Waals surface area contributed by atoms with Crippen molar-refractivity contribution in [1.82, 2.24) is 5.32 Å². The van der Waals surface area contributed by atoms with Gasteiger partial charge in [-0.2, -0.15) is 0 Å². The molecule has 1 aromatic heterocycles. The van der Waals surface area contributed by atoms with Gasteiger partial charge in [-0.3, -0.25) is 13.9 Å². The van der Waals surface area contributed by atoms with Crippen molar-refractivity contribution in [3.8, 4) is 0 Å². The van der Waals surface area contributed by atoms with E-state index in [0.717, 1.165) is 0 Å². The average molecular weight is 456 g/mol. The van der Waals surface area contributed by atoms with E-state index >= 15 is 0 Å². The molecule has 11 heteroatoms. The Kier molecular flexibility index (Phi) is 6.39. The van der Waals surface area contributed by atoms with Gasteiger partial charge in [0.2, 0.25) is 10.0 Å². The molecule has 1 aliphatic heterocycles. The molecule has 2 amide bonds. The molecule has 1 aliphatic rings. The zero-order valence-electron chi connectivity index (χ0n) is 16.2. The maximum atomic E-state index is 12.2. The molecular weight excluding hydrogens is 434 g/mol. The molecule has 0 radical (unpaired) electrons. The molecule has 2 aromatic rings. The number of anilines is 2. The van der Waals surface area contributed by atoms with Crippen LogP contribution in [-0.4, -0.2) is 49.8 Å². The average Bonchev–Trinajstić information content (AvgIpc) is 3.29. The molecule has 1 atom stereocenters. The Bertz CT molecular complexity index is 1040. The summed E-state index contributed by atoms with van der Waals surface area (Å²) in [5.74, 6) is -1.33. The largest absolute Gasteiger partial charge is 0.469 e. The Balaban J connectivity index is 1.61. The first-order valence-electron chi connectivity index (χ1n) is 9.21. The van der Waals surface area contributed by atoms with Crippen LogP contribution in [0.3, 0.4) is 0 Å². The molecule has 1 aromatic carbocycles. The maximum Gasteiger partial charge on any atom is 0.313 e. The van der Waals surface area contributed by atoms with Crippen molar-refractivity contribution in [3.63, 3.8) is 0 Å². The Morgan fingerprint density at radius 3 is 2.70 bits per heavy atom. The highest BCUT2D eigenvalue weighted by Crippen LogP contribution is 2.33. The summed E-state index contributed by atoms with van der Waals surface area (Å²) in [6, 6.07) is 7.70. The molecule has 30 heavy (non-hydrogen) atoms. The van der Waals surface area contributed by atoms with Crippen LogP contribution in [0.5, 0.6) is 0 Å². The third kappa shape index (κ3) is 5.32. The molecule has 1 fully saturated rings. The highest BCUT2D eigenvalue weighted by atomic mass is 35.5. The smallest absolute Gasteiger partial charge is 0.313 e. The third-order valence-electron chi connectivity index (χ3n) is 4.54. The molecule has 162 valence electrons.